The molecule has 3 rings (SSSR count). The van der Waals surface area contributed by atoms with Gasteiger partial charge in [-0.05, 0) is 48.8 Å². The van der Waals surface area contributed by atoms with Crippen molar-refractivity contribution in [2.45, 2.75) is 58.0 Å². The van der Waals surface area contributed by atoms with Crippen molar-refractivity contribution in [1.29, 1.82) is 0 Å². The smallest absolute Gasteiger partial charge is 0.421 e. The molecule has 0 radical (unpaired) electrons. The van der Waals surface area contributed by atoms with E-state index in [0.29, 0.717) is 13.0 Å². The van der Waals surface area contributed by atoms with E-state index in [9.17, 15) is 19.3 Å². The van der Waals surface area contributed by atoms with Crippen LogP contribution in [0.4, 0.5) is 0 Å². The molecule has 3 aromatic rings. The number of H-pyrrole nitrogens is 1. The van der Waals surface area contributed by atoms with Crippen LogP contribution in [0.25, 0.3) is 10.9 Å². The van der Waals surface area contributed by atoms with Gasteiger partial charge in [0, 0.05) is 30.1 Å². The Balaban J connectivity index is 1.65. The molecule has 0 spiro atoms. The maximum Gasteiger partial charge on any atom is 0.421 e. The lowest BCUT2D eigenvalue weighted by atomic mass is 10.0. The number of nitrogens with zero attached hydrogens (tertiary/aromatic N) is 1. The first-order valence-corrected chi connectivity index (χ1v) is 13.0. The number of hydrogen-bond donors (Lipinski definition) is 3. The van der Waals surface area contributed by atoms with E-state index in [4.69, 9.17) is 0 Å². The van der Waals surface area contributed by atoms with Gasteiger partial charge in [0.05, 0.1) is 0 Å². The standard InChI is InChI=1S/C27H34N3O4P/c1-19(2)16-25(30(35-34)15-9-8-12-20-10-4-3-5-11-20)26(31)29-24(27(32)33)17-21-18-28-23-14-7-6-13-22(21)23/h3-7,10-11,13-14,18-19,24-25,28H,8-9,12,15-17H2,1-2H3,(H,29,31)(H,32,33)/p+1/t24-,25-/m0/s1. The van der Waals surface area contributed by atoms with Crippen LogP contribution in [-0.2, 0) is 27.0 Å². The SMILES string of the molecule is CC(C)C[C@@H](C(=O)N[C@@H](Cc1c[nH]c2ccccc12)C(=O)O)N(CCCCc1ccccc1)[PH+]=O. The Hall–Kier alpha value is -3.02. The summed E-state index contributed by atoms with van der Waals surface area (Å²) in [6.07, 6.45) is 5.08. The molecule has 1 heterocycles. The Morgan fingerprint density at radius 1 is 1.06 bits per heavy atom. The summed E-state index contributed by atoms with van der Waals surface area (Å²) in [5, 5.41) is 13.5. The molecule has 0 aliphatic rings. The van der Waals surface area contributed by atoms with Crippen LogP contribution in [0, 0.1) is 5.92 Å². The number of benzene rings is 2. The third-order valence-electron chi connectivity index (χ3n) is 6.16. The van der Waals surface area contributed by atoms with Gasteiger partial charge in [-0.3, -0.25) is 4.79 Å². The number of carboxylic acid groups (broad SMARTS) is 1. The Morgan fingerprint density at radius 3 is 2.46 bits per heavy atom. The molecule has 0 saturated heterocycles. The highest BCUT2D eigenvalue weighted by atomic mass is 31.1. The number of aryl methyl sites for hydroxylation is 1. The normalized spacial score (nSPS) is 13.4. The Labute approximate surface area is 208 Å². The lowest BCUT2D eigenvalue weighted by Gasteiger charge is -2.24. The molecule has 7 nitrogen and oxygen atoms in total. The number of nitrogens with one attached hydrogen (secondary N) is 2. The Morgan fingerprint density at radius 2 is 1.77 bits per heavy atom. The van der Waals surface area contributed by atoms with Crippen molar-refractivity contribution in [2.75, 3.05) is 6.54 Å². The topological polar surface area (TPSA) is 102 Å². The molecule has 0 saturated carbocycles. The molecule has 0 aliphatic heterocycles. The van der Waals surface area contributed by atoms with E-state index in [-0.39, 0.29) is 12.3 Å². The van der Waals surface area contributed by atoms with E-state index in [2.05, 4.69) is 22.4 Å². The van der Waals surface area contributed by atoms with Crippen molar-refractivity contribution in [1.82, 2.24) is 15.0 Å². The average molecular weight is 497 g/mol. The molecular formula is C27H35N3O4P+. The maximum absolute atomic E-state index is 13.3. The molecule has 0 aliphatic carbocycles. The average Bonchev–Trinajstić information content (AvgIpc) is 3.26. The van der Waals surface area contributed by atoms with Gasteiger partial charge in [-0.25, -0.2) is 4.79 Å². The van der Waals surface area contributed by atoms with E-state index in [0.717, 1.165) is 35.7 Å². The number of fused-ring (bicyclic) bond motifs is 1. The number of hydrogen-bond acceptors (Lipinski definition) is 3. The summed E-state index contributed by atoms with van der Waals surface area (Å²) in [6, 6.07) is 16.1. The number of para-hydroxylation sites is 1. The lowest BCUT2D eigenvalue weighted by molar-refractivity contribution is -0.142. The number of rotatable bonds is 14. The van der Waals surface area contributed by atoms with Crippen LogP contribution in [0.1, 0.15) is 44.2 Å². The van der Waals surface area contributed by atoms with Crippen molar-refractivity contribution >= 4 is 31.4 Å². The highest BCUT2D eigenvalue weighted by Crippen LogP contribution is 2.22. The van der Waals surface area contributed by atoms with Gasteiger partial charge >= 0.3 is 14.6 Å². The summed E-state index contributed by atoms with van der Waals surface area (Å²) in [5.41, 5.74) is 3.00. The van der Waals surface area contributed by atoms with E-state index >= 15 is 0 Å². The third-order valence-corrected chi connectivity index (χ3v) is 6.93. The van der Waals surface area contributed by atoms with Gasteiger partial charge in [0.15, 0.2) is 0 Å². The summed E-state index contributed by atoms with van der Waals surface area (Å²) in [4.78, 5) is 28.5. The highest BCUT2D eigenvalue weighted by molar-refractivity contribution is 7.20. The molecule has 1 unspecified atom stereocenters. The maximum atomic E-state index is 13.3. The number of unbranched alkanes of at least 4 members (excludes halogenated alkanes) is 1. The summed E-state index contributed by atoms with van der Waals surface area (Å²) in [5.74, 6) is -1.30. The zero-order chi connectivity index (χ0) is 25.2. The van der Waals surface area contributed by atoms with E-state index in [1.165, 1.54) is 5.56 Å². The van der Waals surface area contributed by atoms with Crippen molar-refractivity contribution in [2.24, 2.45) is 5.92 Å². The van der Waals surface area contributed by atoms with Crippen LogP contribution in [0.3, 0.4) is 0 Å². The first kappa shape index (κ1) is 26.6. The minimum atomic E-state index is -1.09. The van der Waals surface area contributed by atoms with Crippen LogP contribution < -0.4 is 5.32 Å². The lowest BCUT2D eigenvalue weighted by Crippen LogP contribution is -2.50. The van der Waals surface area contributed by atoms with Gasteiger partial charge < -0.3 is 15.4 Å². The van der Waals surface area contributed by atoms with E-state index in [1.807, 2.05) is 56.3 Å². The monoisotopic (exact) mass is 496 g/mol. The molecule has 3 atom stereocenters. The number of carbonyl (C=O) groups is 2. The minimum absolute atomic E-state index is 0.163. The van der Waals surface area contributed by atoms with Gasteiger partial charge in [0.1, 0.15) is 12.1 Å². The molecule has 1 aromatic heterocycles. The zero-order valence-electron chi connectivity index (χ0n) is 20.4. The predicted molar refractivity (Wildman–Crippen MR) is 140 cm³/mol. The first-order chi connectivity index (χ1) is 16.9. The molecule has 0 bridgehead atoms. The largest absolute Gasteiger partial charge is 0.480 e. The summed E-state index contributed by atoms with van der Waals surface area (Å²) < 4.78 is 13.8. The summed E-state index contributed by atoms with van der Waals surface area (Å²) >= 11 is 0. The molecular weight excluding hydrogens is 461 g/mol. The molecule has 35 heavy (non-hydrogen) atoms. The molecule has 0 fully saturated rings. The van der Waals surface area contributed by atoms with E-state index < -0.39 is 32.6 Å². The highest BCUT2D eigenvalue weighted by Gasteiger charge is 2.34. The predicted octanol–water partition coefficient (Wildman–Crippen LogP) is 4.96. The minimum Gasteiger partial charge on any atom is -0.480 e. The van der Waals surface area contributed by atoms with Crippen LogP contribution >= 0.6 is 8.61 Å². The molecule has 3 N–H and O–H groups in total. The quantitative estimate of drug-likeness (QED) is 0.216. The Bertz CT molecular complexity index is 1120. The fourth-order valence-electron chi connectivity index (χ4n) is 4.33. The second-order valence-corrected chi connectivity index (χ2v) is 10.1. The van der Waals surface area contributed by atoms with Crippen LogP contribution in [0.2, 0.25) is 0 Å². The molecule has 8 heteroatoms. The third kappa shape index (κ3) is 7.74. The van der Waals surface area contributed by atoms with Gasteiger partial charge in [-0.2, -0.15) is 0 Å². The number of aliphatic carboxylic acids is 1. The molecule has 2 aromatic carbocycles. The van der Waals surface area contributed by atoms with Gasteiger partial charge in [-0.1, -0.05) is 71.6 Å². The first-order valence-electron chi connectivity index (χ1n) is 12.2. The number of amides is 1. The van der Waals surface area contributed by atoms with Crippen molar-refractivity contribution in [3.63, 3.8) is 0 Å². The second kappa shape index (κ2) is 13.2. The molecule has 1 amide bonds. The number of carboxylic acids is 1. The summed E-state index contributed by atoms with van der Waals surface area (Å²) in [7, 11) is -0.774. The van der Waals surface area contributed by atoms with Gasteiger partial charge in [0.25, 0.3) is 0 Å². The van der Waals surface area contributed by atoms with Crippen molar-refractivity contribution < 1.29 is 19.3 Å². The zero-order valence-corrected chi connectivity index (χ0v) is 21.4. The summed E-state index contributed by atoms with van der Waals surface area (Å²) in [6.45, 7) is 4.52. The number of aromatic nitrogens is 1. The van der Waals surface area contributed by atoms with Crippen LogP contribution in [0.15, 0.2) is 60.8 Å². The fraction of sp³-hybridized carbons (Fsp3) is 0.407. The van der Waals surface area contributed by atoms with Crippen LogP contribution in [0.5, 0.6) is 0 Å². The second-order valence-electron chi connectivity index (χ2n) is 9.34. The van der Waals surface area contributed by atoms with Crippen molar-refractivity contribution in [3.05, 3.63) is 71.9 Å². The van der Waals surface area contributed by atoms with Crippen molar-refractivity contribution in [3.8, 4) is 0 Å². The molecule has 186 valence electrons. The Kier molecular flexibility index (Phi) is 10.0. The van der Waals surface area contributed by atoms with Crippen LogP contribution in [-0.4, -0.2) is 45.3 Å². The van der Waals surface area contributed by atoms with Gasteiger partial charge in [-0.15, -0.1) is 0 Å². The van der Waals surface area contributed by atoms with E-state index in [1.54, 1.807) is 10.9 Å². The number of aromatic amines is 1. The fourth-order valence-corrected chi connectivity index (χ4v) is 4.93. The number of carbonyl (C=O) groups excluding carboxylic acids is 1. The van der Waals surface area contributed by atoms with Gasteiger partial charge in [0.2, 0.25) is 5.91 Å².